The molecule has 7 N–H and O–H groups in total. The molecule has 0 aromatic carbocycles. The standard InChI is InChI=1S/C15H18N8O5.H2O/c1-21(6-25)7-2-18-23(3-7)15-19-12(16)9-13(20-15)22(5-17-9)14-11(27)10(26)8(4-24)28-14;/h2-3,5-6,8,10-11,14,24,26-27H,4H2,1H3,(H2,16,19,20);1H2/t8-,10-,11-,14-;/m1./s1. The Balaban J connectivity index is 0.00000240. The second kappa shape index (κ2) is 7.69. The molecule has 14 heteroatoms. The summed E-state index contributed by atoms with van der Waals surface area (Å²) >= 11 is 0. The molecule has 1 aliphatic heterocycles. The largest absolute Gasteiger partial charge is 0.412 e. The molecule has 0 aliphatic carbocycles. The van der Waals surface area contributed by atoms with Crippen molar-refractivity contribution in [1.82, 2.24) is 29.3 Å². The summed E-state index contributed by atoms with van der Waals surface area (Å²) in [5.74, 6) is 0.190. The Hall–Kier alpha value is -3.17. The Labute approximate surface area is 163 Å². The van der Waals surface area contributed by atoms with Crippen LogP contribution in [0.4, 0.5) is 11.5 Å². The summed E-state index contributed by atoms with van der Waals surface area (Å²) in [6.45, 7) is -0.454. The normalized spacial score (nSPS) is 23.9. The minimum atomic E-state index is -1.30. The first-order valence-corrected chi connectivity index (χ1v) is 8.30. The molecule has 0 radical (unpaired) electrons. The van der Waals surface area contributed by atoms with E-state index in [1.54, 1.807) is 13.2 Å². The van der Waals surface area contributed by atoms with E-state index < -0.39 is 31.1 Å². The van der Waals surface area contributed by atoms with Gasteiger partial charge in [0.15, 0.2) is 17.7 Å². The highest BCUT2D eigenvalue weighted by molar-refractivity contribution is 5.82. The highest BCUT2D eigenvalue weighted by Gasteiger charge is 2.44. The molecule has 0 bridgehead atoms. The molecule has 0 unspecified atom stereocenters. The fourth-order valence-corrected chi connectivity index (χ4v) is 2.99. The highest BCUT2D eigenvalue weighted by atomic mass is 16.6. The summed E-state index contributed by atoms with van der Waals surface area (Å²) in [6.07, 6.45) is 0.470. The summed E-state index contributed by atoms with van der Waals surface area (Å²) < 4.78 is 8.27. The van der Waals surface area contributed by atoms with Gasteiger partial charge in [-0.25, -0.2) is 9.67 Å². The van der Waals surface area contributed by atoms with E-state index in [2.05, 4.69) is 20.1 Å². The average molecular weight is 408 g/mol. The summed E-state index contributed by atoms with van der Waals surface area (Å²) in [6, 6.07) is 0. The lowest BCUT2D eigenvalue weighted by atomic mass is 10.1. The molecule has 3 aromatic rings. The van der Waals surface area contributed by atoms with E-state index >= 15 is 0 Å². The maximum absolute atomic E-state index is 10.9. The van der Waals surface area contributed by atoms with E-state index in [1.165, 1.54) is 26.7 Å². The minimum absolute atomic E-state index is 0. The monoisotopic (exact) mass is 408 g/mol. The predicted octanol–water partition coefficient (Wildman–Crippen LogP) is -3.03. The number of aliphatic hydroxyl groups is 3. The van der Waals surface area contributed by atoms with Gasteiger partial charge in [0.05, 0.1) is 31.0 Å². The van der Waals surface area contributed by atoms with E-state index in [1.807, 2.05) is 0 Å². The second-order valence-electron chi connectivity index (χ2n) is 6.32. The van der Waals surface area contributed by atoms with E-state index in [0.717, 1.165) is 0 Å². The zero-order chi connectivity index (χ0) is 20.0. The van der Waals surface area contributed by atoms with Gasteiger partial charge in [0.25, 0.3) is 5.95 Å². The average Bonchev–Trinajstić information content (AvgIpc) is 3.40. The lowest BCUT2D eigenvalue weighted by molar-refractivity contribution is -0.107. The van der Waals surface area contributed by atoms with Crippen LogP contribution in [0.3, 0.4) is 0 Å². The number of hydrogen-bond acceptors (Lipinski definition) is 10. The third kappa shape index (κ3) is 3.28. The summed E-state index contributed by atoms with van der Waals surface area (Å²) in [7, 11) is 1.57. The van der Waals surface area contributed by atoms with Crippen LogP contribution in [-0.2, 0) is 9.53 Å². The topological polar surface area (TPSA) is 209 Å². The number of carbonyl (C=O) groups is 1. The smallest absolute Gasteiger partial charge is 0.254 e. The maximum atomic E-state index is 10.9. The SMILES string of the molecule is CN(C=O)c1cnn(-c2nc(N)c3ncn([C@@H]4O[C@H](CO)[C@@H](O)[C@H]4O)c3n2)c1.O. The van der Waals surface area contributed by atoms with Gasteiger partial charge in [0.2, 0.25) is 6.41 Å². The molecule has 1 amide bonds. The van der Waals surface area contributed by atoms with Crippen LogP contribution in [0.5, 0.6) is 0 Å². The van der Waals surface area contributed by atoms with E-state index in [9.17, 15) is 20.1 Å². The van der Waals surface area contributed by atoms with Gasteiger partial charge in [-0.05, 0) is 0 Å². The van der Waals surface area contributed by atoms with Crippen LogP contribution < -0.4 is 10.6 Å². The van der Waals surface area contributed by atoms with Crippen LogP contribution >= 0.6 is 0 Å². The van der Waals surface area contributed by atoms with Gasteiger partial charge in [-0.15, -0.1) is 0 Å². The van der Waals surface area contributed by atoms with Crippen LogP contribution in [0.2, 0.25) is 0 Å². The number of nitrogens with zero attached hydrogens (tertiary/aromatic N) is 7. The van der Waals surface area contributed by atoms with Crippen molar-refractivity contribution in [2.75, 3.05) is 24.3 Å². The molecule has 3 aromatic heterocycles. The molecule has 1 aliphatic rings. The summed E-state index contributed by atoms with van der Waals surface area (Å²) in [5, 5.41) is 33.7. The molecule has 4 heterocycles. The number of hydrogen-bond donors (Lipinski definition) is 4. The van der Waals surface area contributed by atoms with Crippen LogP contribution in [-0.4, -0.2) is 88.5 Å². The first-order chi connectivity index (χ1) is 13.4. The van der Waals surface area contributed by atoms with Crippen LogP contribution in [0.15, 0.2) is 18.7 Å². The van der Waals surface area contributed by atoms with Crippen LogP contribution in [0.25, 0.3) is 17.1 Å². The second-order valence-corrected chi connectivity index (χ2v) is 6.32. The number of nitrogens with two attached hydrogens (primary N) is 1. The minimum Gasteiger partial charge on any atom is -0.412 e. The number of fused-ring (bicyclic) bond motifs is 1. The number of nitrogen functional groups attached to an aromatic ring is 1. The van der Waals surface area contributed by atoms with Gasteiger partial charge in [-0.2, -0.15) is 15.1 Å². The number of ether oxygens (including phenoxy) is 1. The Morgan fingerprint density at radius 3 is 2.76 bits per heavy atom. The number of anilines is 2. The quantitative estimate of drug-likeness (QED) is 0.314. The van der Waals surface area contributed by atoms with Crippen molar-refractivity contribution in [2.24, 2.45) is 0 Å². The van der Waals surface area contributed by atoms with Crippen molar-refractivity contribution in [3.8, 4) is 5.95 Å². The predicted molar refractivity (Wildman–Crippen MR) is 97.9 cm³/mol. The van der Waals surface area contributed by atoms with E-state index in [-0.39, 0.29) is 28.4 Å². The number of aliphatic hydroxyl groups excluding tert-OH is 3. The molecule has 4 rings (SSSR count). The Morgan fingerprint density at radius 1 is 1.34 bits per heavy atom. The number of amides is 1. The number of aromatic nitrogens is 6. The molecular formula is C15H20N8O6. The molecule has 1 fully saturated rings. The lowest BCUT2D eigenvalue weighted by Crippen LogP contribution is -2.33. The van der Waals surface area contributed by atoms with Gasteiger partial charge in [0, 0.05) is 7.05 Å². The number of carbonyl (C=O) groups excluding carboxylic acids is 1. The zero-order valence-corrected chi connectivity index (χ0v) is 15.2. The molecule has 4 atom stereocenters. The lowest BCUT2D eigenvalue weighted by Gasteiger charge is -2.16. The van der Waals surface area contributed by atoms with Crippen molar-refractivity contribution in [1.29, 1.82) is 0 Å². The van der Waals surface area contributed by atoms with Gasteiger partial charge in [-0.1, -0.05) is 0 Å². The van der Waals surface area contributed by atoms with Gasteiger partial charge in [0.1, 0.15) is 23.8 Å². The van der Waals surface area contributed by atoms with Crippen molar-refractivity contribution in [3.63, 3.8) is 0 Å². The van der Waals surface area contributed by atoms with Crippen molar-refractivity contribution in [2.45, 2.75) is 24.5 Å². The molecule has 156 valence electrons. The van der Waals surface area contributed by atoms with Crippen LogP contribution in [0, 0.1) is 0 Å². The van der Waals surface area contributed by atoms with Gasteiger partial charge >= 0.3 is 0 Å². The zero-order valence-electron chi connectivity index (χ0n) is 15.2. The summed E-state index contributed by atoms with van der Waals surface area (Å²) in [4.78, 5) is 24.9. The van der Waals surface area contributed by atoms with Gasteiger partial charge < -0.3 is 36.2 Å². The molecular weight excluding hydrogens is 388 g/mol. The first-order valence-electron chi connectivity index (χ1n) is 8.30. The molecule has 0 spiro atoms. The highest BCUT2D eigenvalue weighted by Crippen LogP contribution is 2.32. The first kappa shape index (κ1) is 20.6. The molecule has 1 saturated heterocycles. The fourth-order valence-electron chi connectivity index (χ4n) is 2.99. The fraction of sp³-hybridized carbons (Fsp3) is 0.400. The number of imidazole rings is 1. The Morgan fingerprint density at radius 2 is 2.10 bits per heavy atom. The van der Waals surface area contributed by atoms with E-state index in [4.69, 9.17) is 10.5 Å². The maximum Gasteiger partial charge on any atom is 0.254 e. The number of rotatable bonds is 5. The van der Waals surface area contributed by atoms with E-state index in [0.29, 0.717) is 12.1 Å². The Bertz CT molecular complexity index is 1020. The third-order valence-corrected chi connectivity index (χ3v) is 4.57. The van der Waals surface area contributed by atoms with Crippen molar-refractivity contribution in [3.05, 3.63) is 18.7 Å². The third-order valence-electron chi connectivity index (χ3n) is 4.57. The molecule has 0 saturated carbocycles. The Kier molecular flexibility index (Phi) is 5.45. The molecule has 14 nitrogen and oxygen atoms in total. The van der Waals surface area contributed by atoms with Crippen molar-refractivity contribution >= 4 is 29.1 Å². The molecule has 29 heavy (non-hydrogen) atoms. The van der Waals surface area contributed by atoms with Crippen LogP contribution in [0.1, 0.15) is 6.23 Å². The summed E-state index contributed by atoms with van der Waals surface area (Å²) in [5.41, 5.74) is 7.03. The van der Waals surface area contributed by atoms with Crippen molar-refractivity contribution < 1.29 is 30.3 Å². The van der Waals surface area contributed by atoms with Gasteiger partial charge in [-0.3, -0.25) is 9.36 Å².